The van der Waals surface area contributed by atoms with Crippen molar-refractivity contribution in [3.63, 3.8) is 0 Å². The van der Waals surface area contributed by atoms with Crippen molar-refractivity contribution in [3.8, 4) is 0 Å². The number of carboxylic acid groups (broad SMARTS) is 1. The molecule has 0 aromatic carbocycles. The van der Waals surface area contributed by atoms with Crippen LogP contribution in [0.25, 0.3) is 0 Å². The average Bonchev–Trinajstić information content (AvgIpc) is 2.35. The number of aliphatic carboxylic acids is 1. The smallest absolute Gasteiger partial charge is 0.317 e. The lowest BCUT2D eigenvalue weighted by molar-refractivity contribution is -0.158. The molecule has 0 unspecified atom stereocenters. The molecule has 0 spiro atoms. The molecule has 2 fully saturated rings. The minimum atomic E-state index is -1.06. The summed E-state index contributed by atoms with van der Waals surface area (Å²) in [4.78, 5) is 22.8. The van der Waals surface area contributed by atoms with E-state index in [0.29, 0.717) is 12.8 Å². The summed E-state index contributed by atoms with van der Waals surface area (Å²) in [7, 11) is 0. The molecule has 3 heteroatoms. The minimum Gasteiger partial charge on any atom is -0.480 e. The lowest BCUT2D eigenvalue weighted by Crippen LogP contribution is -2.43. The molecule has 0 aromatic rings. The standard InChI is InChI=1S/C10H14O3/c1-9(2)6-3-4-10(9,8(12)13)7(11)5-6/h6H,3-5H2,1-2H3,(H,12,13)/t6-,10-/m1/s1. The van der Waals surface area contributed by atoms with Crippen molar-refractivity contribution in [2.75, 3.05) is 0 Å². The number of ketones is 1. The Bertz CT molecular complexity index is 293. The first-order valence-electron chi connectivity index (χ1n) is 4.69. The number of Topliss-reactive ketones (excluding diaryl/α,β-unsaturated/α-hetero) is 1. The van der Waals surface area contributed by atoms with Crippen LogP contribution in [-0.4, -0.2) is 16.9 Å². The molecule has 3 nitrogen and oxygen atoms in total. The average molecular weight is 182 g/mol. The molecular weight excluding hydrogens is 168 g/mol. The molecule has 1 N–H and O–H groups in total. The summed E-state index contributed by atoms with van der Waals surface area (Å²) < 4.78 is 0. The summed E-state index contributed by atoms with van der Waals surface area (Å²) in [5, 5.41) is 9.18. The Hall–Kier alpha value is -0.860. The van der Waals surface area contributed by atoms with Gasteiger partial charge in [0.2, 0.25) is 0 Å². The van der Waals surface area contributed by atoms with Crippen LogP contribution in [0.15, 0.2) is 0 Å². The topological polar surface area (TPSA) is 54.4 Å². The minimum absolute atomic E-state index is 0.0544. The molecule has 2 rings (SSSR count). The lowest BCUT2D eigenvalue weighted by Gasteiger charge is -2.31. The summed E-state index contributed by atoms with van der Waals surface area (Å²) in [6, 6.07) is 0. The predicted molar refractivity (Wildman–Crippen MR) is 46.2 cm³/mol. The Morgan fingerprint density at radius 1 is 1.54 bits per heavy atom. The third kappa shape index (κ3) is 0.713. The summed E-state index contributed by atoms with van der Waals surface area (Å²) in [6.45, 7) is 3.84. The van der Waals surface area contributed by atoms with Crippen LogP contribution in [0.4, 0.5) is 0 Å². The van der Waals surface area contributed by atoms with Crippen LogP contribution in [0.2, 0.25) is 0 Å². The van der Waals surface area contributed by atoms with Gasteiger partial charge in [-0.25, -0.2) is 0 Å². The van der Waals surface area contributed by atoms with Crippen molar-refractivity contribution in [3.05, 3.63) is 0 Å². The summed E-state index contributed by atoms with van der Waals surface area (Å²) in [5.74, 6) is -0.681. The second kappa shape index (κ2) is 2.14. The van der Waals surface area contributed by atoms with Gasteiger partial charge >= 0.3 is 5.97 Å². The highest BCUT2D eigenvalue weighted by atomic mass is 16.4. The number of carbonyl (C=O) groups is 2. The summed E-state index contributed by atoms with van der Waals surface area (Å²) in [6.07, 6.45) is 1.91. The molecule has 13 heavy (non-hydrogen) atoms. The Kier molecular flexibility index (Phi) is 1.44. The van der Waals surface area contributed by atoms with Gasteiger partial charge in [-0.05, 0) is 24.2 Å². The maximum absolute atomic E-state index is 11.6. The molecule has 0 amide bonds. The fourth-order valence-electron chi connectivity index (χ4n) is 3.18. The van der Waals surface area contributed by atoms with E-state index in [-0.39, 0.29) is 17.1 Å². The highest BCUT2D eigenvalue weighted by molar-refractivity contribution is 6.06. The van der Waals surface area contributed by atoms with Crippen LogP contribution >= 0.6 is 0 Å². The molecule has 72 valence electrons. The molecule has 0 heterocycles. The van der Waals surface area contributed by atoms with Gasteiger partial charge in [0.05, 0.1) is 0 Å². The highest BCUT2D eigenvalue weighted by Gasteiger charge is 2.68. The van der Waals surface area contributed by atoms with Gasteiger partial charge in [-0.3, -0.25) is 9.59 Å². The fraction of sp³-hybridized carbons (Fsp3) is 0.800. The van der Waals surface area contributed by atoms with E-state index in [2.05, 4.69) is 0 Å². The van der Waals surface area contributed by atoms with Crippen molar-refractivity contribution >= 4 is 11.8 Å². The van der Waals surface area contributed by atoms with Crippen LogP contribution in [0.1, 0.15) is 33.1 Å². The SMILES string of the molecule is CC1(C)[C@@H]2CC[C@]1(C(=O)O)C(=O)C2. The monoisotopic (exact) mass is 182 g/mol. The molecule has 2 bridgehead atoms. The zero-order chi connectivity index (χ0) is 9.85. The van der Waals surface area contributed by atoms with Crippen molar-refractivity contribution < 1.29 is 14.7 Å². The van der Waals surface area contributed by atoms with Gasteiger partial charge in [-0.1, -0.05) is 13.8 Å². The van der Waals surface area contributed by atoms with E-state index in [4.69, 9.17) is 0 Å². The molecule has 2 atom stereocenters. The Labute approximate surface area is 77.1 Å². The summed E-state index contributed by atoms with van der Waals surface area (Å²) in [5.41, 5.74) is -1.40. The fourth-order valence-corrected chi connectivity index (χ4v) is 3.18. The van der Waals surface area contributed by atoms with Crippen LogP contribution in [0.5, 0.6) is 0 Å². The van der Waals surface area contributed by atoms with Gasteiger partial charge in [-0.2, -0.15) is 0 Å². The largest absolute Gasteiger partial charge is 0.480 e. The van der Waals surface area contributed by atoms with E-state index < -0.39 is 11.4 Å². The van der Waals surface area contributed by atoms with Gasteiger partial charge in [0.1, 0.15) is 5.41 Å². The van der Waals surface area contributed by atoms with E-state index >= 15 is 0 Å². The van der Waals surface area contributed by atoms with Gasteiger partial charge in [0, 0.05) is 6.42 Å². The third-order valence-electron chi connectivity index (χ3n) is 4.26. The second-order valence-electron chi connectivity index (χ2n) is 4.80. The van der Waals surface area contributed by atoms with E-state index in [1.165, 1.54) is 0 Å². The number of carboxylic acids is 1. The zero-order valence-electron chi connectivity index (χ0n) is 7.96. The van der Waals surface area contributed by atoms with Crippen LogP contribution in [-0.2, 0) is 9.59 Å². The Morgan fingerprint density at radius 2 is 2.15 bits per heavy atom. The van der Waals surface area contributed by atoms with Crippen LogP contribution in [0.3, 0.4) is 0 Å². The number of fused-ring (bicyclic) bond motifs is 2. The first kappa shape index (κ1) is 8.73. The molecular formula is C10H14O3. The molecule has 0 saturated heterocycles. The van der Waals surface area contributed by atoms with Crippen LogP contribution < -0.4 is 0 Å². The lowest BCUT2D eigenvalue weighted by atomic mass is 9.69. The van der Waals surface area contributed by atoms with Gasteiger partial charge < -0.3 is 5.11 Å². The van der Waals surface area contributed by atoms with Crippen molar-refractivity contribution in [1.29, 1.82) is 0 Å². The molecule has 2 aliphatic carbocycles. The van der Waals surface area contributed by atoms with E-state index in [1.807, 2.05) is 13.8 Å². The normalized spacial score (nSPS) is 41.1. The van der Waals surface area contributed by atoms with E-state index in [0.717, 1.165) is 6.42 Å². The maximum atomic E-state index is 11.6. The first-order chi connectivity index (χ1) is 5.93. The number of rotatable bonds is 1. The van der Waals surface area contributed by atoms with Crippen molar-refractivity contribution in [2.24, 2.45) is 16.7 Å². The summed E-state index contributed by atoms with van der Waals surface area (Å²) >= 11 is 0. The molecule has 0 radical (unpaired) electrons. The Morgan fingerprint density at radius 3 is 2.38 bits per heavy atom. The van der Waals surface area contributed by atoms with Crippen molar-refractivity contribution in [2.45, 2.75) is 33.1 Å². The molecule has 2 saturated carbocycles. The molecule has 2 aliphatic rings. The quantitative estimate of drug-likeness (QED) is 0.625. The zero-order valence-corrected chi connectivity index (χ0v) is 7.96. The highest BCUT2D eigenvalue weighted by Crippen LogP contribution is 2.63. The second-order valence-corrected chi connectivity index (χ2v) is 4.80. The molecule has 0 aromatic heterocycles. The predicted octanol–water partition coefficient (Wildman–Crippen LogP) is 1.47. The number of hydrogen-bond donors (Lipinski definition) is 1. The third-order valence-corrected chi connectivity index (χ3v) is 4.26. The van der Waals surface area contributed by atoms with Crippen molar-refractivity contribution in [1.82, 2.24) is 0 Å². The van der Waals surface area contributed by atoms with Gasteiger partial charge in [-0.15, -0.1) is 0 Å². The van der Waals surface area contributed by atoms with Gasteiger partial charge in [0.15, 0.2) is 5.78 Å². The van der Waals surface area contributed by atoms with Crippen LogP contribution in [0, 0.1) is 16.7 Å². The van der Waals surface area contributed by atoms with Gasteiger partial charge in [0.25, 0.3) is 0 Å². The first-order valence-corrected chi connectivity index (χ1v) is 4.69. The van der Waals surface area contributed by atoms with E-state index in [1.54, 1.807) is 0 Å². The Balaban J connectivity index is 2.55. The number of hydrogen-bond acceptors (Lipinski definition) is 2. The van der Waals surface area contributed by atoms with E-state index in [9.17, 15) is 14.7 Å². The number of carbonyl (C=O) groups excluding carboxylic acids is 1. The molecule has 0 aliphatic heterocycles. The maximum Gasteiger partial charge on any atom is 0.317 e.